The molecule has 0 saturated carbocycles. The van der Waals surface area contributed by atoms with Gasteiger partial charge >= 0.3 is 0 Å². The highest BCUT2D eigenvalue weighted by atomic mass is 35.5. The first-order valence-corrected chi connectivity index (χ1v) is 11.5. The molecule has 8 heteroatoms. The van der Waals surface area contributed by atoms with Crippen LogP contribution in [0.15, 0.2) is 60.2 Å². The highest BCUT2D eigenvalue weighted by Crippen LogP contribution is 2.45. The minimum atomic E-state index is -0.912. The van der Waals surface area contributed by atoms with Crippen molar-refractivity contribution in [2.45, 2.75) is 19.9 Å². The molecule has 3 aromatic carbocycles. The van der Waals surface area contributed by atoms with Crippen LogP contribution in [0.25, 0.3) is 5.76 Å². The molecule has 35 heavy (non-hydrogen) atoms. The van der Waals surface area contributed by atoms with E-state index in [4.69, 9.17) is 32.7 Å². The van der Waals surface area contributed by atoms with Crippen LogP contribution in [-0.2, 0) is 9.59 Å². The Balaban J connectivity index is 2.01. The first-order chi connectivity index (χ1) is 16.7. The van der Waals surface area contributed by atoms with Crippen molar-refractivity contribution in [3.8, 4) is 11.5 Å². The van der Waals surface area contributed by atoms with E-state index in [0.717, 1.165) is 11.1 Å². The summed E-state index contributed by atoms with van der Waals surface area (Å²) in [6.07, 6.45) is 0. The largest absolute Gasteiger partial charge is 0.507 e. The van der Waals surface area contributed by atoms with Crippen LogP contribution in [0.4, 0.5) is 5.69 Å². The average Bonchev–Trinajstić information content (AvgIpc) is 3.08. The first kappa shape index (κ1) is 24.6. The molecule has 180 valence electrons. The third-order valence-corrected chi connectivity index (χ3v) is 6.45. The van der Waals surface area contributed by atoms with Gasteiger partial charge in [0.1, 0.15) is 17.3 Å². The Morgan fingerprint density at radius 1 is 0.943 bits per heavy atom. The maximum atomic E-state index is 13.4. The normalized spacial score (nSPS) is 17.1. The number of aliphatic hydroxyl groups excluding tert-OH is 1. The summed E-state index contributed by atoms with van der Waals surface area (Å²) in [5.74, 6) is -1.27. The summed E-state index contributed by atoms with van der Waals surface area (Å²) in [4.78, 5) is 28.2. The number of hydrogen-bond acceptors (Lipinski definition) is 5. The second-order valence-electron chi connectivity index (χ2n) is 8.20. The van der Waals surface area contributed by atoms with Gasteiger partial charge in [0.25, 0.3) is 11.7 Å². The van der Waals surface area contributed by atoms with Crippen molar-refractivity contribution in [1.82, 2.24) is 0 Å². The van der Waals surface area contributed by atoms with Gasteiger partial charge < -0.3 is 14.6 Å². The zero-order chi connectivity index (χ0) is 25.4. The van der Waals surface area contributed by atoms with Gasteiger partial charge in [-0.05, 0) is 55.3 Å². The van der Waals surface area contributed by atoms with Gasteiger partial charge in [0.15, 0.2) is 0 Å². The van der Waals surface area contributed by atoms with E-state index < -0.39 is 23.5 Å². The van der Waals surface area contributed by atoms with Gasteiger partial charge in [0, 0.05) is 10.7 Å². The Morgan fingerprint density at radius 3 is 2.23 bits per heavy atom. The van der Waals surface area contributed by atoms with E-state index in [1.807, 2.05) is 26.0 Å². The number of carbonyl (C=O) groups is 2. The Morgan fingerprint density at radius 2 is 1.63 bits per heavy atom. The number of nitrogens with zero attached hydrogens (tertiary/aromatic N) is 1. The van der Waals surface area contributed by atoms with Crippen LogP contribution >= 0.6 is 23.2 Å². The van der Waals surface area contributed by atoms with Gasteiger partial charge in [0.05, 0.1) is 36.4 Å². The molecule has 0 aromatic heterocycles. The van der Waals surface area contributed by atoms with Gasteiger partial charge in [-0.2, -0.15) is 0 Å². The Hall–Kier alpha value is -3.48. The summed E-state index contributed by atoms with van der Waals surface area (Å²) in [5, 5.41) is 11.8. The van der Waals surface area contributed by atoms with E-state index in [1.165, 1.54) is 24.1 Å². The van der Waals surface area contributed by atoms with Gasteiger partial charge in [-0.1, -0.05) is 53.0 Å². The summed E-state index contributed by atoms with van der Waals surface area (Å²) in [7, 11) is 2.94. The lowest BCUT2D eigenvalue weighted by Gasteiger charge is -2.27. The molecule has 1 aliphatic rings. The molecule has 1 N–H and O–H groups in total. The zero-order valence-corrected chi connectivity index (χ0v) is 21.1. The molecule has 1 heterocycles. The van der Waals surface area contributed by atoms with Crippen LogP contribution in [0.3, 0.4) is 0 Å². The smallest absolute Gasteiger partial charge is 0.300 e. The van der Waals surface area contributed by atoms with Crippen molar-refractivity contribution >= 4 is 46.3 Å². The molecule has 0 radical (unpaired) electrons. The second kappa shape index (κ2) is 9.64. The Labute approximate surface area is 213 Å². The molecule has 0 spiro atoms. The molecule has 1 saturated heterocycles. The molecular formula is C27H23Cl2NO5. The van der Waals surface area contributed by atoms with Crippen LogP contribution in [0, 0.1) is 13.8 Å². The van der Waals surface area contributed by atoms with E-state index in [2.05, 4.69) is 0 Å². The number of Topliss-reactive ketones (excluding diaryl/α,β-unsaturated/α-hetero) is 1. The van der Waals surface area contributed by atoms with Crippen LogP contribution in [0.1, 0.15) is 28.3 Å². The molecule has 1 atom stereocenters. The lowest BCUT2D eigenvalue weighted by atomic mass is 9.94. The first-order valence-electron chi connectivity index (χ1n) is 10.7. The summed E-state index contributed by atoms with van der Waals surface area (Å²) >= 11 is 12.5. The van der Waals surface area contributed by atoms with Gasteiger partial charge in [-0.15, -0.1) is 0 Å². The lowest BCUT2D eigenvalue weighted by molar-refractivity contribution is -0.132. The van der Waals surface area contributed by atoms with E-state index in [9.17, 15) is 14.7 Å². The van der Waals surface area contributed by atoms with Crippen LogP contribution in [-0.4, -0.2) is 31.0 Å². The molecule has 0 bridgehead atoms. The fourth-order valence-electron chi connectivity index (χ4n) is 4.35. The molecule has 4 rings (SSSR count). The predicted octanol–water partition coefficient (Wildman–Crippen LogP) is 6.25. The van der Waals surface area contributed by atoms with E-state index >= 15 is 0 Å². The number of hydrogen-bond donors (Lipinski definition) is 1. The lowest BCUT2D eigenvalue weighted by Crippen LogP contribution is -2.30. The monoisotopic (exact) mass is 511 g/mol. The zero-order valence-electron chi connectivity index (χ0n) is 19.6. The number of carbonyl (C=O) groups excluding carboxylic acids is 2. The number of aryl methyl sites for hydroxylation is 2. The standard InChI is InChI=1S/C27H23Cl2NO5/c1-14-5-10-21(15(2)11-14)30-23(16-6-8-18(34-3)9-7-16)22(25(32)27(30)33)24(31)19-12-17(28)13-20(29)26(19)35-4/h5-13,23,31H,1-4H3/b24-22+. The number of aliphatic hydroxyl groups is 1. The van der Waals surface area contributed by atoms with E-state index in [0.29, 0.717) is 17.0 Å². The van der Waals surface area contributed by atoms with Gasteiger partial charge in [0.2, 0.25) is 0 Å². The van der Waals surface area contributed by atoms with Crippen molar-refractivity contribution in [1.29, 1.82) is 0 Å². The van der Waals surface area contributed by atoms with Crippen LogP contribution < -0.4 is 14.4 Å². The number of methoxy groups -OCH3 is 2. The number of ether oxygens (including phenoxy) is 2. The van der Waals surface area contributed by atoms with Gasteiger partial charge in [-0.3, -0.25) is 14.5 Å². The summed E-state index contributed by atoms with van der Waals surface area (Å²) < 4.78 is 10.6. The maximum Gasteiger partial charge on any atom is 0.300 e. The SMILES string of the molecule is COc1ccc(C2/C(=C(\O)c3cc(Cl)cc(Cl)c3OC)C(=O)C(=O)N2c2ccc(C)cc2C)cc1. The second-order valence-corrected chi connectivity index (χ2v) is 9.04. The van der Waals surface area contributed by atoms with Gasteiger partial charge in [-0.25, -0.2) is 0 Å². The molecule has 1 fully saturated rings. The minimum absolute atomic E-state index is 0.100. The third-order valence-electron chi connectivity index (χ3n) is 5.96. The third kappa shape index (κ3) is 4.35. The molecule has 1 aliphatic heterocycles. The van der Waals surface area contributed by atoms with Crippen molar-refractivity contribution in [2.24, 2.45) is 0 Å². The molecule has 1 unspecified atom stereocenters. The minimum Gasteiger partial charge on any atom is -0.507 e. The summed E-state index contributed by atoms with van der Waals surface area (Å²) in [5.41, 5.74) is 3.02. The van der Waals surface area contributed by atoms with Crippen molar-refractivity contribution < 1.29 is 24.2 Å². The highest BCUT2D eigenvalue weighted by Gasteiger charge is 2.47. The molecule has 3 aromatic rings. The van der Waals surface area contributed by atoms with E-state index in [1.54, 1.807) is 37.4 Å². The summed E-state index contributed by atoms with van der Waals surface area (Å²) in [6.45, 7) is 3.81. The number of halogens is 2. The van der Waals surface area contributed by atoms with Crippen molar-refractivity contribution in [3.05, 3.63) is 92.5 Å². The number of ketones is 1. The Kier molecular flexibility index (Phi) is 6.79. The average molecular weight is 512 g/mol. The van der Waals surface area contributed by atoms with Crippen molar-refractivity contribution in [3.63, 3.8) is 0 Å². The fourth-order valence-corrected chi connectivity index (χ4v) is 4.92. The van der Waals surface area contributed by atoms with Crippen molar-refractivity contribution in [2.75, 3.05) is 19.1 Å². The number of rotatable bonds is 5. The number of benzene rings is 3. The molecular weight excluding hydrogens is 489 g/mol. The Bertz CT molecular complexity index is 1360. The molecule has 6 nitrogen and oxygen atoms in total. The van der Waals surface area contributed by atoms with Crippen LogP contribution in [0.2, 0.25) is 10.0 Å². The van der Waals surface area contributed by atoms with E-state index in [-0.39, 0.29) is 26.9 Å². The van der Waals surface area contributed by atoms with Crippen LogP contribution in [0.5, 0.6) is 11.5 Å². The topological polar surface area (TPSA) is 76.1 Å². The number of amides is 1. The molecule has 0 aliphatic carbocycles. The predicted molar refractivity (Wildman–Crippen MR) is 137 cm³/mol. The summed E-state index contributed by atoms with van der Waals surface area (Å²) in [6, 6.07) is 14.6. The highest BCUT2D eigenvalue weighted by molar-refractivity contribution is 6.52. The quantitative estimate of drug-likeness (QED) is 0.248. The number of anilines is 1. The molecule has 1 amide bonds. The maximum absolute atomic E-state index is 13.4. The fraction of sp³-hybridized carbons (Fsp3) is 0.185.